The first-order valence-electron chi connectivity index (χ1n) is 5.89. The van der Waals surface area contributed by atoms with E-state index in [1.165, 1.54) is 18.2 Å². The van der Waals surface area contributed by atoms with Gasteiger partial charge in [-0.3, -0.25) is 14.9 Å². The van der Waals surface area contributed by atoms with Gasteiger partial charge in [0.2, 0.25) is 0 Å². The Bertz CT molecular complexity index is 435. The number of nitro groups is 1. The van der Waals surface area contributed by atoms with Crippen LogP contribution < -0.4 is 11.1 Å². The van der Waals surface area contributed by atoms with E-state index in [0.29, 0.717) is 17.8 Å². The summed E-state index contributed by atoms with van der Waals surface area (Å²) in [5, 5.41) is 22.2. The van der Waals surface area contributed by atoms with Crippen molar-refractivity contribution in [1.82, 2.24) is 0 Å². The minimum Gasteiger partial charge on any atom is -0.481 e. The van der Waals surface area contributed by atoms with Gasteiger partial charge in [-0.1, -0.05) is 6.92 Å². The lowest BCUT2D eigenvalue weighted by molar-refractivity contribution is -0.384. The summed E-state index contributed by atoms with van der Waals surface area (Å²) in [6, 6.07) is 4.16. The van der Waals surface area contributed by atoms with Crippen LogP contribution in [-0.2, 0) is 11.2 Å². The summed E-state index contributed by atoms with van der Waals surface area (Å²) in [7, 11) is 0. The Morgan fingerprint density at radius 3 is 2.47 bits per heavy atom. The van der Waals surface area contributed by atoms with Crippen molar-refractivity contribution in [3.05, 3.63) is 33.9 Å². The molecule has 0 radical (unpaired) electrons. The number of aliphatic carboxylic acids is 1. The van der Waals surface area contributed by atoms with Gasteiger partial charge >= 0.3 is 5.97 Å². The number of nitro benzene ring substituents is 1. The summed E-state index contributed by atoms with van der Waals surface area (Å²) < 4.78 is 0. The molecule has 0 aliphatic heterocycles. The normalized spacial score (nSPS) is 9.21. The fourth-order valence-electron chi connectivity index (χ4n) is 1.37. The summed E-state index contributed by atoms with van der Waals surface area (Å²) in [4.78, 5) is 20.6. The van der Waals surface area contributed by atoms with Gasteiger partial charge in [0.1, 0.15) is 0 Å². The number of anilines is 1. The predicted molar refractivity (Wildman–Crippen MR) is 73.3 cm³/mol. The number of nitrogens with one attached hydrogen (secondary N) is 1. The van der Waals surface area contributed by atoms with E-state index in [1.807, 2.05) is 13.8 Å². The molecule has 4 N–H and O–H groups in total. The largest absolute Gasteiger partial charge is 0.481 e. The Morgan fingerprint density at radius 2 is 2.05 bits per heavy atom. The molecule has 106 valence electrons. The SMILES string of the molecule is CCN.CCNc1ccc([N+](=O)[O-])cc1CC(=O)O. The first-order valence-corrected chi connectivity index (χ1v) is 5.89. The van der Waals surface area contributed by atoms with E-state index >= 15 is 0 Å². The van der Waals surface area contributed by atoms with E-state index in [1.54, 1.807) is 0 Å². The van der Waals surface area contributed by atoms with Crippen LogP contribution in [0.5, 0.6) is 0 Å². The number of nitrogens with two attached hydrogens (primary N) is 1. The van der Waals surface area contributed by atoms with E-state index < -0.39 is 10.9 Å². The Balaban J connectivity index is 0.000000982. The van der Waals surface area contributed by atoms with E-state index in [4.69, 9.17) is 10.8 Å². The molecule has 0 heterocycles. The number of carboxylic acids is 1. The smallest absolute Gasteiger partial charge is 0.307 e. The zero-order chi connectivity index (χ0) is 14.8. The summed E-state index contributed by atoms with van der Waals surface area (Å²) in [5.41, 5.74) is 5.79. The molecule has 1 aromatic carbocycles. The lowest BCUT2D eigenvalue weighted by Crippen LogP contribution is -2.06. The van der Waals surface area contributed by atoms with E-state index in [2.05, 4.69) is 5.32 Å². The van der Waals surface area contributed by atoms with Crippen molar-refractivity contribution in [3.8, 4) is 0 Å². The number of hydrogen-bond acceptors (Lipinski definition) is 5. The minimum absolute atomic E-state index is 0.0992. The van der Waals surface area contributed by atoms with Crippen LogP contribution in [0.1, 0.15) is 19.4 Å². The number of carboxylic acid groups (broad SMARTS) is 1. The molecule has 7 heteroatoms. The molecule has 0 fully saturated rings. The first-order chi connectivity index (χ1) is 8.96. The van der Waals surface area contributed by atoms with Crippen molar-refractivity contribution in [2.24, 2.45) is 5.73 Å². The van der Waals surface area contributed by atoms with Gasteiger partial charge in [0.15, 0.2) is 0 Å². The number of carbonyl (C=O) groups is 1. The highest BCUT2D eigenvalue weighted by atomic mass is 16.6. The average Bonchev–Trinajstić information content (AvgIpc) is 2.31. The molecule has 1 aromatic rings. The van der Waals surface area contributed by atoms with Crippen molar-refractivity contribution in [3.63, 3.8) is 0 Å². The van der Waals surface area contributed by atoms with Crippen LogP contribution in [-0.4, -0.2) is 29.1 Å². The monoisotopic (exact) mass is 269 g/mol. The summed E-state index contributed by atoms with van der Waals surface area (Å²) in [5.74, 6) is -1.01. The molecule has 0 aliphatic carbocycles. The second-order valence-electron chi connectivity index (χ2n) is 3.61. The van der Waals surface area contributed by atoms with Crippen LogP contribution >= 0.6 is 0 Å². The Kier molecular flexibility index (Phi) is 7.87. The summed E-state index contributed by atoms with van der Waals surface area (Å²) >= 11 is 0. The average molecular weight is 269 g/mol. The highest BCUT2D eigenvalue weighted by molar-refractivity contribution is 5.74. The molecule has 0 saturated carbocycles. The van der Waals surface area contributed by atoms with Gasteiger partial charge in [0.25, 0.3) is 5.69 Å². The molecular formula is C12H19N3O4. The fourth-order valence-corrected chi connectivity index (χ4v) is 1.37. The topological polar surface area (TPSA) is 118 Å². The van der Waals surface area contributed by atoms with Crippen LogP contribution in [0.3, 0.4) is 0 Å². The van der Waals surface area contributed by atoms with Gasteiger partial charge in [0, 0.05) is 24.4 Å². The lowest BCUT2D eigenvalue weighted by Gasteiger charge is -2.08. The van der Waals surface area contributed by atoms with Gasteiger partial charge in [-0.25, -0.2) is 0 Å². The lowest BCUT2D eigenvalue weighted by atomic mass is 10.1. The van der Waals surface area contributed by atoms with Crippen LogP contribution in [0.15, 0.2) is 18.2 Å². The maximum atomic E-state index is 10.6. The second-order valence-corrected chi connectivity index (χ2v) is 3.61. The van der Waals surface area contributed by atoms with Crippen molar-refractivity contribution in [2.75, 3.05) is 18.4 Å². The van der Waals surface area contributed by atoms with E-state index in [-0.39, 0.29) is 12.1 Å². The molecule has 0 unspecified atom stereocenters. The van der Waals surface area contributed by atoms with Crippen LogP contribution in [0, 0.1) is 10.1 Å². The Morgan fingerprint density at radius 1 is 1.47 bits per heavy atom. The third-order valence-electron chi connectivity index (χ3n) is 2.01. The fraction of sp³-hybridized carbons (Fsp3) is 0.417. The standard InChI is InChI=1S/C10H12N2O4.C2H7N/c1-2-11-9-4-3-8(12(15)16)5-7(9)6-10(13)14;1-2-3/h3-5,11H,2,6H2,1H3,(H,13,14);2-3H2,1H3. The number of non-ortho nitro benzene ring substituents is 1. The van der Waals surface area contributed by atoms with E-state index in [9.17, 15) is 14.9 Å². The molecule has 0 aromatic heterocycles. The van der Waals surface area contributed by atoms with Crippen molar-refractivity contribution in [1.29, 1.82) is 0 Å². The zero-order valence-corrected chi connectivity index (χ0v) is 11.0. The van der Waals surface area contributed by atoms with Crippen molar-refractivity contribution < 1.29 is 14.8 Å². The maximum absolute atomic E-state index is 10.6. The Labute approximate surface area is 111 Å². The Hall–Kier alpha value is -2.15. The molecule has 19 heavy (non-hydrogen) atoms. The first kappa shape index (κ1) is 16.9. The molecule has 1 rings (SSSR count). The molecule has 0 saturated heterocycles. The number of nitrogens with zero attached hydrogens (tertiary/aromatic N) is 1. The van der Waals surface area contributed by atoms with Gasteiger partial charge < -0.3 is 16.2 Å². The summed E-state index contributed by atoms with van der Waals surface area (Å²) in [6.45, 7) is 5.15. The van der Waals surface area contributed by atoms with Gasteiger partial charge in [-0.15, -0.1) is 0 Å². The molecule has 0 bridgehead atoms. The van der Waals surface area contributed by atoms with Gasteiger partial charge in [-0.2, -0.15) is 0 Å². The molecule has 0 spiro atoms. The molecule has 0 amide bonds. The highest BCUT2D eigenvalue weighted by Gasteiger charge is 2.12. The maximum Gasteiger partial charge on any atom is 0.307 e. The minimum atomic E-state index is -1.01. The number of benzene rings is 1. The summed E-state index contributed by atoms with van der Waals surface area (Å²) in [6.07, 6.45) is -0.232. The van der Waals surface area contributed by atoms with Crippen LogP contribution in [0.25, 0.3) is 0 Å². The third-order valence-corrected chi connectivity index (χ3v) is 2.01. The van der Waals surface area contributed by atoms with Crippen LogP contribution in [0.4, 0.5) is 11.4 Å². The quantitative estimate of drug-likeness (QED) is 0.552. The van der Waals surface area contributed by atoms with Crippen molar-refractivity contribution >= 4 is 17.3 Å². The highest BCUT2D eigenvalue weighted by Crippen LogP contribution is 2.22. The molecule has 0 aliphatic rings. The molecular weight excluding hydrogens is 250 g/mol. The zero-order valence-electron chi connectivity index (χ0n) is 11.0. The van der Waals surface area contributed by atoms with E-state index in [0.717, 1.165) is 6.54 Å². The van der Waals surface area contributed by atoms with Gasteiger partial charge in [0.05, 0.1) is 11.3 Å². The predicted octanol–water partition coefficient (Wildman–Crippen LogP) is 1.62. The van der Waals surface area contributed by atoms with Crippen LogP contribution in [0.2, 0.25) is 0 Å². The number of hydrogen-bond donors (Lipinski definition) is 3. The van der Waals surface area contributed by atoms with Crippen molar-refractivity contribution in [2.45, 2.75) is 20.3 Å². The second kappa shape index (κ2) is 8.87. The van der Waals surface area contributed by atoms with Gasteiger partial charge in [-0.05, 0) is 25.1 Å². The number of rotatable bonds is 5. The molecule has 0 atom stereocenters. The third kappa shape index (κ3) is 6.37. The molecule has 7 nitrogen and oxygen atoms in total.